The highest BCUT2D eigenvalue weighted by Crippen LogP contribution is 2.14. The summed E-state index contributed by atoms with van der Waals surface area (Å²) in [5.41, 5.74) is 0. The molecule has 0 fully saturated rings. The Balaban J connectivity index is 3.21. The standard InChI is InChI=1S/C7H15F2N/c1-6(2)10-5-4-7(3,8)9/h6,10H,4-5H2,1-3H3. The van der Waals surface area contributed by atoms with Crippen LogP contribution in [0.15, 0.2) is 0 Å². The predicted octanol–water partition coefficient (Wildman–Crippen LogP) is 2.03. The summed E-state index contributed by atoms with van der Waals surface area (Å²) in [6, 6.07) is 0.294. The summed E-state index contributed by atoms with van der Waals surface area (Å²) >= 11 is 0. The van der Waals surface area contributed by atoms with Crippen LogP contribution in [0.4, 0.5) is 8.78 Å². The van der Waals surface area contributed by atoms with Gasteiger partial charge in [0.05, 0.1) is 0 Å². The zero-order valence-electron chi connectivity index (χ0n) is 6.75. The zero-order valence-corrected chi connectivity index (χ0v) is 6.75. The van der Waals surface area contributed by atoms with Crippen LogP contribution < -0.4 is 5.32 Å². The first-order chi connectivity index (χ1) is 4.42. The van der Waals surface area contributed by atoms with Gasteiger partial charge in [-0.1, -0.05) is 13.8 Å². The molecule has 0 rings (SSSR count). The normalized spacial score (nSPS) is 12.6. The van der Waals surface area contributed by atoms with Crippen molar-refractivity contribution in [1.29, 1.82) is 0 Å². The topological polar surface area (TPSA) is 12.0 Å². The molecule has 0 bridgehead atoms. The second kappa shape index (κ2) is 3.86. The molecule has 0 aliphatic rings. The molecule has 0 aromatic carbocycles. The average molecular weight is 151 g/mol. The molecule has 1 nitrogen and oxygen atoms in total. The van der Waals surface area contributed by atoms with Crippen molar-refractivity contribution in [1.82, 2.24) is 5.32 Å². The maximum atomic E-state index is 12.1. The molecule has 0 radical (unpaired) electrons. The van der Waals surface area contributed by atoms with Crippen LogP contribution in [0.5, 0.6) is 0 Å². The van der Waals surface area contributed by atoms with E-state index in [1.807, 2.05) is 13.8 Å². The summed E-state index contributed by atoms with van der Waals surface area (Å²) in [5.74, 6) is -2.53. The van der Waals surface area contributed by atoms with Crippen LogP contribution in [0, 0.1) is 0 Å². The Kier molecular flexibility index (Phi) is 3.79. The van der Waals surface area contributed by atoms with Crippen molar-refractivity contribution >= 4 is 0 Å². The van der Waals surface area contributed by atoms with Crippen molar-refractivity contribution in [3.63, 3.8) is 0 Å². The minimum absolute atomic E-state index is 0.0782. The van der Waals surface area contributed by atoms with Gasteiger partial charge in [-0.25, -0.2) is 8.78 Å². The average Bonchev–Trinajstić information content (AvgIpc) is 1.59. The van der Waals surface area contributed by atoms with Crippen LogP contribution in [-0.4, -0.2) is 18.5 Å². The van der Waals surface area contributed by atoms with Gasteiger partial charge in [-0.3, -0.25) is 0 Å². The van der Waals surface area contributed by atoms with E-state index >= 15 is 0 Å². The van der Waals surface area contributed by atoms with Crippen molar-refractivity contribution < 1.29 is 8.78 Å². The Morgan fingerprint density at radius 1 is 1.40 bits per heavy atom. The van der Waals surface area contributed by atoms with E-state index in [1.54, 1.807) is 0 Å². The first-order valence-corrected chi connectivity index (χ1v) is 3.53. The Morgan fingerprint density at radius 3 is 2.20 bits per heavy atom. The SMILES string of the molecule is CC(C)NCCC(C)(F)F. The van der Waals surface area contributed by atoms with Crippen LogP contribution in [0.2, 0.25) is 0 Å². The second-order valence-corrected chi connectivity index (χ2v) is 2.93. The minimum atomic E-state index is -2.53. The summed E-state index contributed by atoms with van der Waals surface area (Å²) in [7, 11) is 0. The fraction of sp³-hybridized carbons (Fsp3) is 1.00. The Hall–Kier alpha value is -0.180. The van der Waals surface area contributed by atoms with Gasteiger partial charge in [0.1, 0.15) is 0 Å². The van der Waals surface area contributed by atoms with Crippen molar-refractivity contribution in [2.24, 2.45) is 0 Å². The highest BCUT2D eigenvalue weighted by atomic mass is 19.3. The van der Waals surface area contributed by atoms with Crippen LogP contribution in [0.1, 0.15) is 27.2 Å². The van der Waals surface area contributed by atoms with Crippen LogP contribution in [0.25, 0.3) is 0 Å². The summed E-state index contributed by atoms with van der Waals surface area (Å²) < 4.78 is 24.3. The molecule has 0 spiro atoms. The lowest BCUT2D eigenvalue weighted by Crippen LogP contribution is -2.27. The molecule has 0 aromatic heterocycles. The predicted molar refractivity (Wildman–Crippen MR) is 38.4 cm³/mol. The molecular formula is C7H15F2N. The van der Waals surface area contributed by atoms with Crippen molar-refractivity contribution in [3.05, 3.63) is 0 Å². The molecule has 0 unspecified atom stereocenters. The van der Waals surface area contributed by atoms with Gasteiger partial charge in [-0.15, -0.1) is 0 Å². The van der Waals surface area contributed by atoms with E-state index in [-0.39, 0.29) is 6.42 Å². The minimum Gasteiger partial charge on any atom is -0.314 e. The van der Waals surface area contributed by atoms with Gasteiger partial charge in [-0.2, -0.15) is 0 Å². The first-order valence-electron chi connectivity index (χ1n) is 3.53. The highest BCUT2D eigenvalue weighted by molar-refractivity contribution is 4.61. The number of alkyl halides is 2. The Morgan fingerprint density at radius 2 is 1.90 bits per heavy atom. The molecule has 1 N–H and O–H groups in total. The van der Waals surface area contributed by atoms with Gasteiger partial charge in [0, 0.05) is 19.0 Å². The third kappa shape index (κ3) is 7.82. The van der Waals surface area contributed by atoms with Gasteiger partial charge in [0.15, 0.2) is 0 Å². The van der Waals surface area contributed by atoms with Crippen LogP contribution >= 0.6 is 0 Å². The van der Waals surface area contributed by atoms with Crippen molar-refractivity contribution in [3.8, 4) is 0 Å². The number of rotatable bonds is 4. The lowest BCUT2D eigenvalue weighted by molar-refractivity contribution is 0.0131. The monoisotopic (exact) mass is 151 g/mol. The molecule has 62 valence electrons. The second-order valence-electron chi connectivity index (χ2n) is 2.93. The molecule has 3 heteroatoms. The number of nitrogens with one attached hydrogen (secondary N) is 1. The van der Waals surface area contributed by atoms with Gasteiger partial charge < -0.3 is 5.32 Å². The van der Waals surface area contributed by atoms with E-state index in [0.29, 0.717) is 12.6 Å². The molecule has 0 heterocycles. The fourth-order valence-electron chi connectivity index (χ4n) is 0.580. The van der Waals surface area contributed by atoms with Crippen molar-refractivity contribution in [2.75, 3.05) is 6.54 Å². The molecule has 0 aliphatic heterocycles. The van der Waals surface area contributed by atoms with Gasteiger partial charge in [-0.05, 0) is 6.92 Å². The first kappa shape index (κ1) is 9.82. The van der Waals surface area contributed by atoms with Crippen molar-refractivity contribution in [2.45, 2.75) is 39.2 Å². The molecule has 10 heavy (non-hydrogen) atoms. The van der Waals surface area contributed by atoms with Gasteiger partial charge in [0.2, 0.25) is 5.92 Å². The van der Waals surface area contributed by atoms with E-state index < -0.39 is 5.92 Å². The lowest BCUT2D eigenvalue weighted by atomic mass is 10.2. The maximum absolute atomic E-state index is 12.1. The van der Waals surface area contributed by atoms with Crippen LogP contribution in [-0.2, 0) is 0 Å². The highest BCUT2D eigenvalue weighted by Gasteiger charge is 2.19. The van der Waals surface area contributed by atoms with E-state index in [2.05, 4.69) is 5.32 Å². The summed E-state index contributed by atoms with van der Waals surface area (Å²) in [5, 5.41) is 2.92. The number of hydrogen-bond donors (Lipinski definition) is 1. The largest absolute Gasteiger partial charge is 0.314 e. The summed E-state index contributed by atoms with van der Waals surface area (Å²) in [4.78, 5) is 0. The summed E-state index contributed by atoms with van der Waals surface area (Å²) in [6.45, 7) is 5.21. The molecular weight excluding hydrogens is 136 g/mol. The smallest absolute Gasteiger partial charge is 0.246 e. The lowest BCUT2D eigenvalue weighted by Gasteiger charge is -2.12. The Bertz CT molecular complexity index is 86.1. The van der Waals surface area contributed by atoms with E-state index in [4.69, 9.17) is 0 Å². The third-order valence-corrected chi connectivity index (χ3v) is 1.12. The molecule has 0 aliphatic carbocycles. The van der Waals surface area contributed by atoms with Crippen LogP contribution in [0.3, 0.4) is 0 Å². The zero-order chi connectivity index (χ0) is 8.20. The fourth-order valence-corrected chi connectivity index (χ4v) is 0.580. The van der Waals surface area contributed by atoms with Gasteiger partial charge >= 0.3 is 0 Å². The summed E-state index contributed by atoms with van der Waals surface area (Å²) in [6.07, 6.45) is -0.0782. The molecule has 0 amide bonds. The molecule has 0 atom stereocenters. The number of halogens is 2. The third-order valence-electron chi connectivity index (χ3n) is 1.12. The Labute approximate surface area is 60.8 Å². The van der Waals surface area contributed by atoms with E-state index in [1.165, 1.54) is 0 Å². The van der Waals surface area contributed by atoms with Gasteiger partial charge in [0.25, 0.3) is 0 Å². The molecule has 0 saturated carbocycles. The van der Waals surface area contributed by atoms with E-state index in [9.17, 15) is 8.78 Å². The maximum Gasteiger partial charge on any atom is 0.246 e. The van der Waals surface area contributed by atoms with E-state index in [0.717, 1.165) is 6.92 Å². The molecule has 0 saturated heterocycles. The molecule has 0 aromatic rings. The number of hydrogen-bond acceptors (Lipinski definition) is 1. The quantitative estimate of drug-likeness (QED) is 0.648.